The van der Waals surface area contributed by atoms with Crippen LogP contribution in [0.2, 0.25) is 0 Å². The Morgan fingerprint density at radius 2 is 1.75 bits per heavy atom. The minimum absolute atomic E-state index is 0.0139. The zero-order valence-corrected chi connectivity index (χ0v) is 16.7. The van der Waals surface area contributed by atoms with Crippen LogP contribution >= 0.6 is 0 Å². The molecule has 0 fully saturated rings. The second kappa shape index (κ2) is 7.53. The lowest BCUT2D eigenvalue weighted by atomic mass is 10.1. The summed E-state index contributed by atoms with van der Waals surface area (Å²) in [7, 11) is 0. The maximum Gasteiger partial charge on any atom is 0.229 e. The second-order valence-corrected chi connectivity index (χ2v) is 7.36. The Morgan fingerprint density at radius 1 is 0.938 bits per heavy atom. The average Bonchev–Trinajstić information content (AvgIpc) is 2.78. The average molecular weight is 432 g/mol. The number of pyridine rings is 2. The summed E-state index contributed by atoms with van der Waals surface area (Å²) in [4.78, 5) is 20.2. The first-order chi connectivity index (χ1) is 15.4. The van der Waals surface area contributed by atoms with Gasteiger partial charge in [0.15, 0.2) is 17.1 Å². The third-order valence-electron chi connectivity index (χ3n) is 5.27. The van der Waals surface area contributed by atoms with Crippen molar-refractivity contribution in [3.05, 3.63) is 100.0 Å². The standard InChI is InChI=1S/C25H15F3N2O2/c1-13-23(9-8-18(27)24(13)28)32-25-17(10-14-4-2-3-5-19(14)30-25)21-12-22(31)16-7-6-15(26)11-20(16)29-21/h2-12H,1H3,(H,29,31). The molecular formula is C25H15F3N2O2. The largest absolute Gasteiger partial charge is 0.438 e. The number of ether oxygens (including phenoxy) is 1. The molecule has 0 saturated carbocycles. The molecule has 0 spiro atoms. The molecule has 32 heavy (non-hydrogen) atoms. The Morgan fingerprint density at radius 3 is 2.59 bits per heavy atom. The number of nitrogens with one attached hydrogen (secondary N) is 1. The lowest BCUT2D eigenvalue weighted by Crippen LogP contribution is -2.04. The smallest absolute Gasteiger partial charge is 0.229 e. The van der Waals surface area contributed by atoms with Gasteiger partial charge in [0.2, 0.25) is 5.88 Å². The zero-order chi connectivity index (χ0) is 22.4. The fourth-order valence-electron chi connectivity index (χ4n) is 3.59. The first-order valence-electron chi connectivity index (χ1n) is 9.76. The molecule has 0 radical (unpaired) electrons. The highest BCUT2D eigenvalue weighted by Crippen LogP contribution is 2.35. The number of hydrogen-bond acceptors (Lipinski definition) is 3. The van der Waals surface area contributed by atoms with E-state index in [2.05, 4.69) is 9.97 Å². The second-order valence-electron chi connectivity index (χ2n) is 7.36. The van der Waals surface area contributed by atoms with E-state index in [0.29, 0.717) is 27.7 Å². The molecule has 3 aromatic carbocycles. The minimum atomic E-state index is -1.01. The van der Waals surface area contributed by atoms with Crippen LogP contribution in [-0.4, -0.2) is 9.97 Å². The molecule has 1 N–H and O–H groups in total. The van der Waals surface area contributed by atoms with Gasteiger partial charge in [0, 0.05) is 22.4 Å². The Bertz CT molecular complexity index is 1580. The van der Waals surface area contributed by atoms with Gasteiger partial charge in [-0.05, 0) is 49.4 Å². The molecule has 0 unspecified atom stereocenters. The molecule has 4 nitrogen and oxygen atoms in total. The normalized spacial score (nSPS) is 11.2. The molecule has 0 aliphatic rings. The van der Waals surface area contributed by atoms with Crippen LogP contribution in [0.25, 0.3) is 33.1 Å². The number of benzene rings is 3. The maximum absolute atomic E-state index is 14.1. The van der Waals surface area contributed by atoms with Crippen molar-refractivity contribution in [3.8, 4) is 22.9 Å². The zero-order valence-electron chi connectivity index (χ0n) is 16.7. The monoisotopic (exact) mass is 432 g/mol. The third-order valence-corrected chi connectivity index (χ3v) is 5.27. The summed E-state index contributed by atoms with van der Waals surface area (Å²) in [5.41, 5.74) is 1.37. The molecule has 0 aliphatic carbocycles. The summed E-state index contributed by atoms with van der Waals surface area (Å²) in [5, 5.41) is 1.11. The van der Waals surface area contributed by atoms with Crippen LogP contribution < -0.4 is 10.2 Å². The SMILES string of the molecule is Cc1c(Oc2nc3ccccc3cc2-c2cc(=O)c3ccc(F)cc3[nH]2)ccc(F)c1F. The van der Waals surface area contributed by atoms with Gasteiger partial charge in [-0.15, -0.1) is 0 Å². The molecule has 0 amide bonds. The Labute approximate surface area is 179 Å². The van der Waals surface area contributed by atoms with Gasteiger partial charge in [0.25, 0.3) is 0 Å². The number of rotatable bonds is 3. The number of aromatic nitrogens is 2. The lowest BCUT2D eigenvalue weighted by Gasteiger charge is -2.14. The third kappa shape index (κ3) is 3.37. The van der Waals surface area contributed by atoms with Crippen molar-refractivity contribution < 1.29 is 17.9 Å². The topological polar surface area (TPSA) is 55.0 Å². The Hall–Kier alpha value is -4.13. The van der Waals surface area contributed by atoms with Gasteiger partial charge >= 0.3 is 0 Å². The molecule has 7 heteroatoms. The van der Waals surface area contributed by atoms with Gasteiger partial charge in [0.05, 0.1) is 22.3 Å². The Balaban J connectivity index is 1.75. The summed E-state index contributed by atoms with van der Waals surface area (Å²) in [6, 6.07) is 16.6. The highest BCUT2D eigenvalue weighted by atomic mass is 19.2. The van der Waals surface area contributed by atoms with Gasteiger partial charge in [-0.3, -0.25) is 4.79 Å². The van der Waals surface area contributed by atoms with Crippen molar-refractivity contribution in [3.63, 3.8) is 0 Å². The van der Waals surface area contributed by atoms with Crippen LogP contribution in [0.3, 0.4) is 0 Å². The summed E-state index contributed by atoms with van der Waals surface area (Å²) < 4.78 is 47.3. The predicted molar refractivity (Wildman–Crippen MR) is 116 cm³/mol. The van der Waals surface area contributed by atoms with Crippen LogP contribution in [0, 0.1) is 24.4 Å². The van der Waals surface area contributed by atoms with Gasteiger partial charge in [0.1, 0.15) is 11.6 Å². The van der Waals surface area contributed by atoms with Crippen molar-refractivity contribution in [2.75, 3.05) is 0 Å². The van der Waals surface area contributed by atoms with Crippen molar-refractivity contribution in [1.82, 2.24) is 9.97 Å². The molecule has 2 heterocycles. The summed E-state index contributed by atoms with van der Waals surface area (Å²) in [6.45, 7) is 1.40. The molecule has 0 bridgehead atoms. The number of para-hydroxylation sites is 1. The van der Waals surface area contributed by atoms with Crippen LogP contribution in [0.15, 0.2) is 71.5 Å². The van der Waals surface area contributed by atoms with E-state index in [1.165, 1.54) is 37.3 Å². The quantitative estimate of drug-likeness (QED) is 0.366. The van der Waals surface area contributed by atoms with E-state index in [-0.39, 0.29) is 22.6 Å². The fraction of sp³-hybridized carbons (Fsp3) is 0.0400. The summed E-state index contributed by atoms with van der Waals surface area (Å²) in [6.07, 6.45) is 0. The van der Waals surface area contributed by atoms with E-state index in [9.17, 15) is 18.0 Å². The van der Waals surface area contributed by atoms with E-state index in [1.54, 1.807) is 12.1 Å². The number of halogens is 3. The van der Waals surface area contributed by atoms with Gasteiger partial charge in [-0.1, -0.05) is 18.2 Å². The maximum atomic E-state index is 14.1. The highest BCUT2D eigenvalue weighted by Gasteiger charge is 2.17. The fourth-order valence-corrected chi connectivity index (χ4v) is 3.59. The first kappa shape index (κ1) is 19.8. The van der Waals surface area contributed by atoms with Crippen molar-refractivity contribution >= 4 is 21.8 Å². The lowest BCUT2D eigenvalue weighted by molar-refractivity contribution is 0.444. The number of H-pyrrole nitrogens is 1. The molecule has 0 aliphatic heterocycles. The van der Waals surface area contributed by atoms with Crippen LogP contribution in [0.4, 0.5) is 13.2 Å². The van der Waals surface area contributed by atoms with E-state index >= 15 is 0 Å². The Kier molecular flexibility index (Phi) is 4.66. The number of nitrogens with zero attached hydrogens (tertiary/aromatic N) is 1. The van der Waals surface area contributed by atoms with Crippen molar-refractivity contribution in [2.45, 2.75) is 6.92 Å². The van der Waals surface area contributed by atoms with Crippen LogP contribution in [0.5, 0.6) is 11.6 Å². The van der Waals surface area contributed by atoms with E-state index in [4.69, 9.17) is 4.74 Å². The number of hydrogen-bond donors (Lipinski definition) is 1. The minimum Gasteiger partial charge on any atom is -0.438 e. The van der Waals surface area contributed by atoms with Crippen molar-refractivity contribution in [1.29, 1.82) is 0 Å². The molecule has 5 rings (SSSR count). The van der Waals surface area contributed by atoms with Gasteiger partial charge in [-0.25, -0.2) is 18.2 Å². The number of fused-ring (bicyclic) bond motifs is 2. The summed E-state index contributed by atoms with van der Waals surface area (Å²) >= 11 is 0. The van der Waals surface area contributed by atoms with Gasteiger partial charge < -0.3 is 9.72 Å². The molecule has 5 aromatic rings. The van der Waals surface area contributed by atoms with Crippen LogP contribution in [-0.2, 0) is 0 Å². The van der Waals surface area contributed by atoms with Gasteiger partial charge in [-0.2, -0.15) is 0 Å². The van der Waals surface area contributed by atoms with E-state index in [1.807, 2.05) is 18.2 Å². The predicted octanol–water partition coefficient (Wildman–Crippen LogP) is 6.26. The van der Waals surface area contributed by atoms with Crippen LogP contribution in [0.1, 0.15) is 5.56 Å². The molecule has 0 atom stereocenters. The van der Waals surface area contributed by atoms with Crippen molar-refractivity contribution in [2.24, 2.45) is 0 Å². The number of aromatic amines is 1. The van der Waals surface area contributed by atoms with E-state index in [0.717, 1.165) is 11.5 Å². The summed E-state index contributed by atoms with van der Waals surface area (Å²) in [5.74, 6) is -2.32. The van der Waals surface area contributed by atoms with E-state index < -0.39 is 17.5 Å². The molecule has 158 valence electrons. The highest BCUT2D eigenvalue weighted by molar-refractivity contribution is 5.88. The first-order valence-corrected chi connectivity index (χ1v) is 9.76. The molecule has 0 saturated heterocycles. The molecule has 2 aromatic heterocycles. The molecular weight excluding hydrogens is 417 g/mol.